The predicted molar refractivity (Wildman–Crippen MR) is 108 cm³/mol. The third kappa shape index (κ3) is 5.61. The van der Waals surface area contributed by atoms with Crippen molar-refractivity contribution in [1.29, 1.82) is 0 Å². The summed E-state index contributed by atoms with van der Waals surface area (Å²) >= 11 is 3.31. The maximum absolute atomic E-state index is 12.4. The standard InChI is InChI=1S/C20H23BrN4O2/c1-24(14-19(26)23-18-9-8-17(21)12-22-18)13-15-4-6-16(7-5-15)20(27)25-10-2-3-11-25/h4-9,12H,2-3,10-11,13-14H2,1H3,(H,22,23,26). The van der Waals surface area contributed by atoms with Gasteiger partial charge in [0.05, 0.1) is 6.54 Å². The fourth-order valence-electron chi connectivity index (χ4n) is 3.10. The zero-order valence-corrected chi connectivity index (χ0v) is 16.9. The lowest BCUT2D eigenvalue weighted by Gasteiger charge is -2.17. The number of halogens is 1. The second-order valence-corrected chi connectivity index (χ2v) is 7.69. The number of likely N-dealkylation sites (N-methyl/N-ethyl adjacent to an activating group) is 1. The largest absolute Gasteiger partial charge is 0.339 e. The van der Waals surface area contributed by atoms with Crippen LogP contribution in [0.3, 0.4) is 0 Å². The molecule has 1 aromatic carbocycles. The number of hydrogen-bond acceptors (Lipinski definition) is 4. The van der Waals surface area contributed by atoms with Crippen LogP contribution in [0.15, 0.2) is 47.1 Å². The van der Waals surface area contributed by atoms with E-state index >= 15 is 0 Å². The molecule has 0 aliphatic carbocycles. The number of benzene rings is 1. The van der Waals surface area contributed by atoms with Gasteiger partial charge in [0.15, 0.2) is 0 Å². The van der Waals surface area contributed by atoms with Crippen LogP contribution in [-0.2, 0) is 11.3 Å². The summed E-state index contributed by atoms with van der Waals surface area (Å²) in [5.41, 5.74) is 1.78. The molecule has 142 valence electrons. The summed E-state index contributed by atoms with van der Waals surface area (Å²) < 4.78 is 0.865. The van der Waals surface area contributed by atoms with E-state index in [9.17, 15) is 9.59 Å². The molecule has 1 N–H and O–H groups in total. The van der Waals surface area contributed by atoms with Crippen molar-refractivity contribution in [1.82, 2.24) is 14.8 Å². The number of likely N-dealkylation sites (tertiary alicyclic amines) is 1. The molecule has 3 rings (SSSR count). The molecule has 1 fully saturated rings. The SMILES string of the molecule is CN(CC(=O)Nc1ccc(Br)cn1)Cc1ccc(C(=O)N2CCCC2)cc1. The Morgan fingerprint density at radius 2 is 1.85 bits per heavy atom. The molecule has 0 radical (unpaired) electrons. The van der Waals surface area contributed by atoms with Crippen molar-refractivity contribution in [2.75, 3.05) is 32.0 Å². The smallest absolute Gasteiger partial charge is 0.253 e. The second kappa shape index (κ2) is 9.10. The lowest BCUT2D eigenvalue weighted by Crippen LogP contribution is -2.30. The summed E-state index contributed by atoms with van der Waals surface area (Å²) in [7, 11) is 1.89. The molecule has 2 amide bonds. The van der Waals surface area contributed by atoms with E-state index in [1.807, 2.05) is 47.2 Å². The molecule has 0 saturated carbocycles. The van der Waals surface area contributed by atoms with Gasteiger partial charge in [-0.25, -0.2) is 4.98 Å². The summed E-state index contributed by atoms with van der Waals surface area (Å²) in [5.74, 6) is 0.517. The predicted octanol–water partition coefficient (Wildman–Crippen LogP) is 3.15. The number of aromatic nitrogens is 1. The van der Waals surface area contributed by atoms with E-state index in [-0.39, 0.29) is 18.4 Å². The lowest BCUT2D eigenvalue weighted by atomic mass is 10.1. The molecule has 0 atom stereocenters. The summed E-state index contributed by atoms with van der Waals surface area (Å²) in [4.78, 5) is 32.5. The first-order valence-electron chi connectivity index (χ1n) is 8.99. The number of pyridine rings is 1. The number of amides is 2. The fraction of sp³-hybridized carbons (Fsp3) is 0.350. The Hall–Kier alpha value is -2.25. The second-order valence-electron chi connectivity index (χ2n) is 6.78. The molecular formula is C20H23BrN4O2. The third-order valence-electron chi connectivity index (χ3n) is 4.46. The van der Waals surface area contributed by atoms with E-state index in [1.54, 1.807) is 12.3 Å². The quantitative estimate of drug-likeness (QED) is 0.764. The molecule has 1 saturated heterocycles. The van der Waals surface area contributed by atoms with Gasteiger partial charge in [-0.15, -0.1) is 0 Å². The van der Waals surface area contributed by atoms with Crippen LogP contribution in [0.2, 0.25) is 0 Å². The van der Waals surface area contributed by atoms with Crippen LogP contribution in [0.4, 0.5) is 5.82 Å². The highest BCUT2D eigenvalue weighted by Gasteiger charge is 2.19. The molecule has 1 aliphatic rings. The summed E-state index contributed by atoms with van der Waals surface area (Å²) in [6.07, 6.45) is 3.82. The summed E-state index contributed by atoms with van der Waals surface area (Å²) in [5, 5.41) is 2.78. The molecule has 27 heavy (non-hydrogen) atoms. The van der Waals surface area contributed by atoms with Gasteiger partial charge in [0.1, 0.15) is 5.82 Å². The van der Waals surface area contributed by atoms with Gasteiger partial charge >= 0.3 is 0 Å². The Labute approximate surface area is 167 Å². The van der Waals surface area contributed by atoms with Crippen LogP contribution >= 0.6 is 15.9 Å². The van der Waals surface area contributed by atoms with Crippen molar-refractivity contribution in [3.8, 4) is 0 Å². The first-order valence-corrected chi connectivity index (χ1v) is 9.79. The number of rotatable bonds is 6. The van der Waals surface area contributed by atoms with Crippen molar-refractivity contribution in [3.05, 3.63) is 58.2 Å². The maximum Gasteiger partial charge on any atom is 0.253 e. The molecule has 6 nitrogen and oxygen atoms in total. The van der Waals surface area contributed by atoms with Crippen molar-refractivity contribution in [3.63, 3.8) is 0 Å². The molecule has 0 unspecified atom stereocenters. The van der Waals surface area contributed by atoms with Gasteiger partial charge in [0.2, 0.25) is 5.91 Å². The van der Waals surface area contributed by atoms with Crippen LogP contribution in [-0.4, -0.2) is 53.3 Å². The van der Waals surface area contributed by atoms with Crippen molar-refractivity contribution < 1.29 is 9.59 Å². The maximum atomic E-state index is 12.4. The first kappa shape index (κ1) is 19.5. The van der Waals surface area contributed by atoms with Crippen molar-refractivity contribution in [2.24, 2.45) is 0 Å². The van der Waals surface area contributed by atoms with E-state index in [4.69, 9.17) is 0 Å². The van der Waals surface area contributed by atoms with Crippen LogP contribution in [0.1, 0.15) is 28.8 Å². The molecule has 7 heteroatoms. The Morgan fingerprint density at radius 3 is 2.48 bits per heavy atom. The van der Waals surface area contributed by atoms with E-state index in [0.29, 0.717) is 12.4 Å². The van der Waals surface area contributed by atoms with Crippen LogP contribution in [0.25, 0.3) is 0 Å². The molecule has 1 aliphatic heterocycles. The minimum absolute atomic E-state index is 0.105. The molecule has 2 heterocycles. The average Bonchev–Trinajstić information content (AvgIpc) is 3.18. The number of hydrogen-bond donors (Lipinski definition) is 1. The minimum atomic E-state index is -0.117. The Bertz CT molecular complexity index is 787. The monoisotopic (exact) mass is 430 g/mol. The van der Waals surface area contributed by atoms with Gasteiger partial charge in [-0.2, -0.15) is 0 Å². The molecule has 0 spiro atoms. The Morgan fingerprint density at radius 1 is 1.15 bits per heavy atom. The number of anilines is 1. The minimum Gasteiger partial charge on any atom is -0.339 e. The van der Waals surface area contributed by atoms with Crippen LogP contribution < -0.4 is 5.32 Å². The highest BCUT2D eigenvalue weighted by atomic mass is 79.9. The number of carbonyl (C=O) groups is 2. The summed E-state index contributed by atoms with van der Waals surface area (Å²) in [6.45, 7) is 2.59. The lowest BCUT2D eigenvalue weighted by molar-refractivity contribution is -0.117. The molecule has 1 aromatic heterocycles. The number of carbonyl (C=O) groups excluding carboxylic acids is 2. The average molecular weight is 431 g/mol. The van der Waals surface area contributed by atoms with Gasteiger partial charge in [0, 0.05) is 35.9 Å². The zero-order chi connectivity index (χ0) is 19.2. The zero-order valence-electron chi connectivity index (χ0n) is 15.3. The van der Waals surface area contributed by atoms with E-state index in [2.05, 4.69) is 26.2 Å². The topological polar surface area (TPSA) is 65.5 Å². The highest BCUT2D eigenvalue weighted by molar-refractivity contribution is 9.10. The van der Waals surface area contributed by atoms with Crippen LogP contribution in [0.5, 0.6) is 0 Å². The third-order valence-corrected chi connectivity index (χ3v) is 4.92. The van der Waals surface area contributed by atoms with Gasteiger partial charge in [-0.3, -0.25) is 14.5 Å². The highest BCUT2D eigenvalue weighted by Crippen LogP contribution is 2.14. The van der Waals surface area contributed by atoms with Gasteiger partial charge < -0.3 is 10.2 Å². The fourth-order valence-corrected chi connectivity index (χ4v) is 3.33. The molecule has 0 bridgehead atoms. The van der Waals surface area contributed by atoms with Crippen LogP contribution in [0, 0.1) is 0 Å². The van der Waals surface area contributed by atoms with E-state index in [1.165, 1.54) is 0 Å². The Balaban J connectivity index is 1.49. The normalized spacial score (nSPS) is 13.8. The molecule has 2 aromatic rings. The van der Waals surface area contributed by atoms with Gasteiger partial charge in [-0.1, -0.05) is 12.1 Å². The number of nitrogens with one attached hydrogen (secondary N) is 1. The van der Waals surface area contributed by atoms with Gasteiger partial charge in [0.25, 0.3) is 5.91 Å². The van der Waals surface area contributed by atoms with Crippen molar-refractivity contribution >= 4 is 33.6 Å². The van der Waals surface area contributed by atoms with Gasteiger partial charge in [-0.05, 0) is 65.6 Å². The first-order chi connectivity index (χ1) is 13.0. The van der Waals surface area contributed by atoms with Crippen molar-refractivity contribution in [2.45, 2.75) is 19.4 Å². The Kier molecular flexibility index (Phi) is 6.58. The summed E-state index contributed by atoms with van der Waals surface area (Å²) in [6, 6.07) is 11.2. The van der Waals surface area contributed by atoms with E-state index < -0.39 is 0 Å². The molecular weight excluding hydrogens is 408 g/mol. The number of nitrogens with zero attached hydrogens (tertiary/aromatic N) is 3. The van der Waals surface area contributed by atoms with E-state index in [0.717, 1.165) is 41.5 Å².